The van der Waals surface area contributed by atoms with Crippen LogP contribution in [0.15, 0.2) is 24.3 Å². The molecule has 0 amide bonds. The predicted molar refractivity (Wildman–Crippen MR) is 76.0 cm³/mol. The first-order chi connectivity index (χ1) is 8.04. The average Bonchev–Trinajstić information content (AvgIpc) is 2.29. The Labute approximate surface area is 115 Å². The van der Waals surface area contributed by atoms with E-state index in [1.165, 1.54) is 5.56 Å². The molecule has 3 nitrogen and oxygen atoms in total. The van der Waals surface area contributed by atoms with Crippen LogP contribution >= 0.6 is 12.4 Å². The Hall–Kier alpha value is -1.06. The molecule has 0 fully saturated rings. The lowest BCUT2D eigenvalue weighted by Crippen LogP contribution is -2.17. The molecule has 0 heterocycles. The Bertz CT molecular complexity index is 363. The van der Waals surface area contributed by atoms with Crippen molar-refractivity contribution in [3.8, 4) is 0 Å². The van der Waals surface area contributed by atoms with Gasteiger partial charge in [-0.25, -0.2) is 0 Å². The van der Waals surface area contributed by atoms with E-state index in [9.17, 15) is 4.79 Å². The SMILES string of the molecule is CCOC(=O)C[C@@H](N)c1ccc(C(C)C)cc1.Cl. The molecule has 1 aromatic rings. The molecule has 0 saturated carbocycles. The Morgan fingerprint density at radius 2 is 1.72 bits per heavy atom. The molecular weight excluding hydrogens is 250 g/mol. The van der Waals surface area contributed by atoms with E-state index in [1.807, 2.05) is 12.1 Å². The zero-order valence-corrected chi connectivity index (χ0v) is 12.0. The molecule has 102 valence electrons. The largest absolute Gasteiger partial charge is 0.466 e. The van der Waals surface area contributed by atoms with Gasteiger partial charge in [0.15, 0.2) is 0 Å². The van der Waals surface area contributed by atoms with Crippen molar-refractivity contribution in [3.05, 3.63) is 35.4 Å². The highest BCUT2D eigenvalue weighted by Gasteiger charge is 2.12. The summed E-state index contributed by atoms with van der Waals surface area (Å²) in [6.07, 6.45) is 0.231. The molecule has 0 bridgehead atoms. The van der Waals surface area contributed by atoms with Gasteiger partial charge in [-0.15, -0.1) is 12.4 Å². The van der Waals surface area contributed by atoms with Crippen LogP contribution in [0.25, 0.3) is 0 Å². The molecule has 18 heavy (non-hydrogen) atoms. The maximum absolute atomic E-state index is 11.3. The molecule has 1 rings (SSSR count). The fourth-order valence-electron chi connectivity index (χ4n) is 1.65. The summed E-state index contributed by atoms with van der Waals surface area (Å²) < 4.78 is 4.88. The third kappa shape index (κ3) is 5.07. The van der Waals surface area contributed by atoms with Crippen LogP contribution in [0, 0.1) is 0 Å². The molecular formula is C14H22ClNO2. The van der Waals surface area contributed by atoms with Crippen molar-refractivity contribution in [1.29, 1.82) is 0 Å². The van der Waals surface area contributed by atoms with Crippen molar-refractivity contribution in [2.45, 2.75) is 39.2 Å². The number of esters is 1. The van der Waals surface area contributed by atoms with Crippen LogP contribution in [-0.2, 0) is 9.53 Å². The van der Waals surface area contributed by atoms with E-state index in [1.54, 1.807) is 6.92 Å². The summed E-state index contributed by atoms with van der Waals surface area (Å²) in [5, 5.41) is 0. The molecule has 0 unspecified atom stereocenters. The van der Waals surface area contributed by atoms with Crippen molar-refractivity contribution >= 4 is 18.4 Å². The van der Waals surface area contributed by atoms with Gasteiger partial charge in [-0.1, -0.05) is 38.1 Å². The lowest BCUT2D eigenvalue weighted by Gasteiger charge is -2.12. The molecule has 0 aliphatic heterocycles. The highest BCUT2D eigenvalue weighted by atomic mass is 35.5. The standard InChI is InChI=1S/C14H21NO2.ClH/c1-4-17-14(16)9-13(15)12-7-5-11(6-8-12)10(2)3;/h5-8,10,13H,4,9,15H2,1-3H3;1H/t13-;/m1./s1. The van der Waals surface area contributed by atoms with Gasteiger partial charge < -0.3 is 10.5 Å². The Kier molecular flexibility index (Phi) is 7.64. The second-order valence-electron chi connectivity index (χ2n) is 4.44. The third-order valence-electron chi connectivity index (χ3n) is 2.72. The lowest BCUT2D eigenvalue weighted by atomic mass is 9.98. The van der Waals surface area contributed by atoms with Crippen LogP contribution in [0.2, 0.25) is 0 Å². The van der Waals surface area contributed by atoms with Crippen LogP contribution in [0.3, 0.4) is 0 Å². The minimum atomic E-state index is -0.282. The fraction of sp³-hybridized carbons (Fsp3) is 0.500. The first kappa shape index (κ1) is 16.9. The molecule has 0 radical (unpaired) electrons. The van der Waals surface area contributed by atoms with E-state index in [2.05, 4.69) is 26.0 Å². The summed E-state index contributed by atoms with van der Waals surface area (Å²) in [7, 11) is 0. The third-order valence-corrected chi connectivity index (χ3v) is 2.72. The average molecular weight is 272 g/mol. The summed E-state index contributed by atoms with van der Waals surface area (Å²) in [6.45, 7) is 6.49. The number of benzene rings is 1. The normalized spacial score (nSPS) is 11.8. The van der Waals surface area contributed by atoms with Crippen molar-refractivity contribution in [2.75, 3.05) is 6.61 Å². The highest BCUT2D eigenvalue weighted by Crippen LogP contribution is 2.19. The van der Waals surface area contributed by atoms with Gasteiger partial charge in [0.1, 0.15) is 0 Å². The van der Waals surface area contributed by atoms with Gasteiger partial charge in [0.05, 0.1) is 13.0 Å². The highest BCUT2D eigenvalue weighted by molar-refractivity contribution is 5.85. The van der Waals surface area contributed by atoms with Crippen LogP contribution in [0.4, 0.5) is 0 Å². The van der Waals surface area contributed by atoms with E-state index in [0.29, 0.717) is 12.5 Å². The van der Waals surface area contributed by atoms with Crippen LogP contribution < -0.4 is 5.73 Å². The molecule has 0 spiro atoms. The quantitative estimate of drug-likeness (QED) is 0.837. The van der Waals surface area contributed by atoms with E-state index in [-0.39, 0.29) is 30.8 Å². The monoisotopic (exact) mass is 271 g/mol. The number of rotatable bonds is 5. The van der Waals surface area contributed by atoms with Crippen molar-refractivity contribution < 1.29 is 9.53 Å². The van der Waals surface area contributed by atoms with Gasteiger partial charge in [0.2, 0.25) is 0 Å². The number of hydrogen-bond acceptors (Lipinski definition) is 3. The van der Waals surface area contributed by atoms with Gasteiger partial charge in [0.25, 0.3) is 0 Å². The number of hydrogen-bond donors (Lipinski definition) is 1. The summed E-state index contributed by atoms with van der Waals surface area (Å²) in [5.41, 5.74) is 8.20. The second-order valence-corrected chi connectivity index (χ2v) is 4.44. The number of carbonyl (C=O) groups excluding carboxylic acids is 1. The Morgan fingerprint density at radius 1 is 1.22 bits per heavy atom. The first-order valence-electron chi connectivity index (χ1n) is 6.05. The number of nitrogens with two attached hydrogens (primary N) is 1. The maximum atomic E-state index is 11.3. The van der Waals surface area contributed by atoms with E-state index < -0.39 is 0 Å². The number of halogens is 1. The van der Waals surface area contributed by atoms with E-state index in [4.69, 9.17) is 10.5 Å². The van der Waals surface area contributed by atoms with Gasteiger partial charge >= 0.3 is 5.97 Å². The van der Waals surface area contributed by atoms with Gasteiger partial charge in [0, 0.05) is 6.04 Å². The van der Waals surface area contributed by atoms with Crippen molar-refractivity contribution in [2.24, 2.45) is 5.73 Å². The molecule has 2 N–H and O–H groups in total. The molecule has 0 aromatic heterocycles. The first-order valence-corrected chi connectivity index (χ1v) is 6.05. The maximum Gasteiger partial charge on any atom is 0.307 e. The topological polar surface area (TPSA) is 52.3 Å². The minimum absolute atomic E-state index is 0. The smallest absolute Gasteiger partial charge is 0.307 e. The van der Waals surface area contributed by atoms with Crippen LogP contribution in [-0.4, -0.2) is 12.6 Å². The summed E-state index contributed by atoms with van der Waals surface area (Å²) in [5.74, 6) is 0.262. The molecule has 0 aliphatic rings. The zero-order valence-electron chi connectivity index (χ0n) is 11.2. The Balaban J connectivity index is 0.00000289. The van der Waals surface area contributed by atoms with Gasteiger partial charge in [-0.05, 0) is 24.0 Å². The summed E-state index contributed by atoms with van der Waals surface area (Å²) in [4.78, 5) is 11.3. The fourth-order valence-corrected chi connectivity index (χ4v) is 1.65. The zero-order chi connectivity index (χ0) is 12.8. The van der Waals surface area contributed by atoms with E-state index >= 15 is 0 Å². The minimum Gasteiger partial charge on any atom is -0.466 e. The van der Waals surface area contributed by atoms with Crippen LogP contribution in [0.5, 0.6) is 0 Å². The van der Waals surface area contributed by atoms with Crippen molar-refractivity contribution in [1.82, 2.24) is 0 Å². The van der Waals surface area contributed by atoms with Gasteiger partial charge in [-0.2, -0.15) is 0 Å². The second kappa shape index (κ2) is 8.11. The Morgan fingerprint density at radius 3 is 2.17 bits per heavy atom. The summed E-state index contributed by atoms with van der Waals surface area (Å²) >= 11 is 0. The lowest BCUT2D eigenvalue weighted by molar-refractivity contribution is -0.143. The number of ether oxygens (including phenoxy) is 1. The van der Waals surface area contributed by atoms with Gasteiger partial charge in [-0.3, -0.25) is 4.79 Å². The van der Waals surface area contributed by atoms with E-state index in [0.717, 1.165) is 5.56 Å². The molecule has 1 aromatic carbocycles. The summed E-state index contributed by atoms with van der Waals surface area (Å²) in [6, 6.07) is 7.81. The predicted octanol–water partition coefficient (Wildman–Crippen LogP) is 3.18. The number of carbonyl (C=O) groups is 1. The molecule has 4 heteroatoms. The molecule has 0 saturated heterocycles. The molecule has 0 aliphatic carbocycles. The molecule has 1 atom stereocenters. The van der Waals surface area contributed by atoms with Crippen LogP contribution in [0.1, 0.15) is 50.3 Å². The van der Waals surface area contributed by atoms with Crippen molar-refractivity contribution in [3.63, 3.8) is 0 Å².